The molecule has 0 spiro atoms. The van der Waals surface area contributed by atoms with Gasteiger partial charge in [0.25, 0.3) is 0 Å². The number of carbonyl (C=O) groups is 3. The lowest BCUT2D eigenvalue weighted by molar-refractivity contribution is -0.147. The van der Waals surface area contributed by atoms with E-state index in [2.05, 4.69) is 5.32 Å². The first-order valence-electron chi connectivity index (χ1n) is 7.33. The first-order valence-corrected chi connectivity index (χ1v) is 7.33. The Morgan fingerprint density at radius 1 is 1.33 bits per heavy atom. The first-order chi connectivity index (χ1) is 9.78. The summed E-state index contributed by atoms with van der Waals surface area (Å²) in [7, 11) is 0. The summed E-state index contributed by atoms with van der Waals surface area (Å²) < 4.78 is 0. The number of nitrogens with zero attached hydrogens (tertiary/aromatic N) is 1. The lowest BCUT2D eigenvalue weighted by Gasteiger charge is -2.32. The summed E-state index contributed by atoms with van der Waals surface area (Å²) in [5.41, 5.74) is 4.23. The van der Waals surface area contributed by atoms with Gasteiger partial charge < -0.3 is 21.1 Å². The van der Waals surface area contributed by atoms with E-state index in [4.69, 9.17) is 10.8 Å². The van der Waals surface area contributed by atoms with Crippen molar-refractivity contribution in [2.75, 3.05) is 19.6 Å². The Kier molecular flexibility index (Phi) is 5.99. The summed E-state index contributed by atoms with van der Waals surface area (Å²) >= 11 is 0. The maximum atomic E-state index is 12.0. The Morgan fingerprint density at radius 3 is 2.33 bits per heavy atom. The number of likely N-dealkylation sites (tertiary alicyclic amines) is 1. The van der Waals surface area contributed by atoms with Gasteiger partial charge in [-0.25, -0.2) is 4.79 Å². The largest absolute Gasteiger partial charge is 0.481 e. The third-order valence-electron chi connectivity index (χ3n) is 4.32. The fraction of sp³-hybridized carbons (Fsp3) is 0.786. The predicted octanol–water partition coefficient (Wildman–Crippen LogP) is 0.784. The van der Waals surface area contributed by atoms with Crippen LogP contribution in [0.4, 0.5) is 4.79 Å². The fourth-order valence-electron chi connectivity index (χ4n) is 2.36. The van der Waals surface area contributed by atoms with Crippen LogP contribution in [0.1, 0.15) is 39.5 Å². The molecule has 0 radical (unpaired) electrons. The second-order valence-corrected chi connectivity index (χ2v) is 5.98. The molecule has 1 aliphatic rings. The number of carbonyl (C=O) groups excluding carboxylic acids is 2. The molecule has 21 heavy (non-hydrogen) atoms. The highest BCUT2D eigenvalue weighted by molar-refractivity contribution is 5.78. The Labute approximate surface area is 124 Å². The van der Waals surface area contributed by atoms with Crippen LogP contribution in [0.15, 0.2) is 0 Å². The molecule has 0 saturated carbocycles. The molecule has 1 saturated heterocycles. The van der Waals surface area contributed by atoms with Crippen molar-refractivity contribution in [3.05, 3.63) is 0 Å². The lowest BCUT2D eigenvalue weighted by Crippen LogP contribution is -2.48. The zero-order valence-electron chi connectivity index (χ0n) is 12.7. The summed E-state index contributed by atoms with van der Waals surface area (Å²) in [6, 6.07) is -0.242. The minimum atomic E-state index is -0.944. The van der Waals surface area contributed by atoms with Crippen molar-refractivity contribution < 1.29 is 19.5 Å². The van der Waals surface area contributed by atoms with Crippen LogP contribution < -0.4 is 11.1 Å². The van der Waals surface area contributed by atoms with Crippen LogP contribution in [0.3, 0.4) is 0 Å². The number of nitrogens with one attached hydrogen (secondary N) is 1. The summed E-state index contributed by atoms with van der Waals surface area (Å²) in [4.78, 5) is 35.7. The van der Waals surface area contributed by atoms with Gasteiger partial charge in [-0.15, -0.1) is 0 Å². The highest BCUT2D eigenvalue weighted by Crippen LogP contribution is 2.22. The number of piperidine rings is 1. The molecule has 7 nitrogen and oxygen atoms in total. The van der Waals surface area contributed by atoms with E-state index < -0.39 is 11.4 Å². The molecule has 0 aromatic rings. The van der Waals surface area contributed by atoms with E-state index in [-0.39, 0.29) is 24.4 Å². The Balaban J connectivity index is 2.41. The number of rotatable bonds is 6. The van der Waals surface area contributed by atoms with Gasteiger partial charge in [0.05, 0.1) is 5.41 Å². The number of primary amides is 1. The third kappa shape index (κ3) is 4.91. The molecule has 1 aliphatic heterocycles. The minimum Gasteiger partial charge on any atom is -0.481 e. The van der Waals surface area contributed by atoms with E-state index in [9.17, 15) is 14.4 Å². The van der Waals surface area contributed by atoms with E-state index >= 15 is 0 Å². The number of urea groups is 1. The van der Waals surface area contributed by atoms with Crippen LogP contribution in [0.25, 0.3) is 0 Å². The van der Waals surface area contributed by atoms with Crippen molar-refractivity contribution in [3.63, 3.8) is 0 Å². The molecule has 3 amide bonds. The Hall–Kier alpha value is -1.79. The molecule has 7 heteroatoms. The van der Waals surface area contributed by atoms with Crippen molar-refractivity contribution in [2.24, 2.45) is 17.1 Å². The van der Waals surface area contributed by atoms with Crippen molar-refractivity contribution >= 4 is 17.9 Å². The molecule has 0 aromatic carbocycles. The number of carboxylic acid groups (broad SMARTS) is 1. The number of carboxylic acids is 1. The smallest absolute Gasteiger partial charge is 0.317 e. The zero-order chi connectivity index (χ0) is 16.0. The van der Waals surface area contributed by atoms with Crippen molar-refractivity contribution in [3.8, 4) is 0 Å². The summed E-state index contributed by atoms with van der Waals surface area (Å²) in [6.07, 6.45) is 2.31. The van der Waals surface area contributed by atoms with Crippen LogP contribution in [-0.4, -0.2) is 47.5 Å². The highest BCUT2D eigenvalue weighted by Gasteiger charge is 2.32. The van der Waals surface area contributed by atoms with E-state index in [1.54, 1.807) is 18.7 Å². The summed E-state index contributed by atoms with van der Waals surface area (Å²) in [5, 5.41) is 11.9. The van der Waals surface area contributed by atoms with E-state index in [1.807, 2.05) is 0 Å². The number of hydrogen-bond acceptors (Lipinski definition) is 3. The van der Waals surface area contributed by atoms with Crippen molar-refractivity contribution in [1.82, 2.24) is 10.2 Å². The van der Waals surface area contributed by atoms with Crippen LogP contribution in [0.5, 0.6) is 0 Å². The van der Waals surface area contributed by atoms with Crippen LogP contribution in [-0.2, 0) is 9.59 Å². The van der Waals surface area contributed by atoms with E-state index in [0.29, 0.717) is 25.9 Å². The van der Waals surface area contributed by atoms with Crippen molar-refractivity contribution in [1.29, 1.82) is 0 Å². The highest BCUT2D eigenvalue weighted by atomic mass is 16.4. The normalized spacial score (nSPS) is 18.9. The maximum absolute atomic E-state index is 12.0. The number of nitrogens with two attached hydrogens (primary N) is 1. The second kappa shape index (κ2) is 7.28. The summed E-state index contributed by atoms with van der Waals surface area (Å²) in [5.74, 6) is -0.977. The average Bonchev–Trinajstić information content (AvgIpc) is 2.44. The van der Waals surface area contributed by atoms with Crippen LogP contribution in [0.2, 0.25) is 0 Å². The molecular formula is C14H25N3O4. The molecule has 1 fully saturated rings. The molecular weight excluding hydrogens is 274 g/mol. The fourth-order valence-corrected chi connectivity index (χ4v) is 2.36. The van der Waals surface area contributed by atoms with Gasteiger partial charge in [-0.05, 0) is 32.1 Å². The van der Waals surface area contributed by atoms with Gasteiger partial charge in [0.2, 0.25) is 5.91 Å². The number of aliphatic carboxylic acids is 1. The van der Waals surface area contributed by atoms with Gasteiger partial charge in [-0.1, -0.05) is 6.92 Å². The topological polar surface area (TPSA) is 113 Å². The standard InChI is InChI=1S/C14H25N3O4/c1-3-14(2,12(19)20)9-16-13(21)17-6-4-10(5-7-17)8-11(15)18/h10H,3-9H2,1-2H3,(H2,15,18)(H,16,21)(H,19,20). The quantitative estimate of drug-likeness (QED) is 0.672. The molecule has 0 bridgehead atoms. The number of hydrogen-bond donors (Lipinski definition) is 3. The Morgan fingerprint density at radius 2 is 1.90 bits per heavy atom. The van der Waals surface area contributed by atoms with Gasteiger partial charge in [-0.2, -0.15) is 0 Å². The lowest BCUT2D eigenvalue weighted by atomic mass is 9.88. The van der Waals surface area contributed by atoms with Gasteiger partial charge in [0, 0.05) is 26.1 Å². The van der Waals surface area contributed by atoms with Crippen LogP contribution >= 0.6 is 0 Å². The monoisotopic (exact) mass is 299 g/mol. The zero-order valence-corrected chi connectivity index (χ0v) is 12.7. The average molecular weight is 299 g/mol. The molecule has 1 unspecified atom stereocenters. The molecule has 1 atom stereocenters. The predicted molar refractivity (Wildman–Crippen MR) is 77.5 cm³/mol. The SMILES string of the molecule is CCC(C)(CNC(=O)N1CCC(CC(N)=O)CC1)C(=O)O. The molecule has 0 aromatic heterocycles. The van der Waals surface area contributed by atoms with Crippen molar-refractivity contribution in [2.45, 2.75) is 39.5 Å². The van der Waals surface area contributed by atoms with E-state index in [1.165, 1.54) is 0 Å². The Bertz CT molecular complexity index is 405. The van der Waals surface area contributed by atoms with Gasteiger partial charge in [0.15, 0.2) is 0 Å². The van der Waals surface area contributed by atoms with Gasteiger partial charge in [-0.3, -0.25) is 9.59 Å². The third-order valence-corrected chi connectivity index (χ3v) is 4.32. The second-order valence-electron chi connectivity index (χ2n) is 5.98. The molecule has 4 N–H and O–H groups in total. The molecule has 1 rings (SSSR count). The molecule has 0 aliphatic carbocycles. The van der Waals surface area contributed by atoms with Crippen LogP contribution in [0, 0.1) is 11.3 Å². The van der Waals surface area contributed by atoms with E-state index in [0.717, 1.165) is 12.8 Å². The number of amides is 3. The minimum absolute atomic E-state index is 0.110. The van der Waals surface area contributed by atoms with Gasteiger partial charge in [0.1, 0.15) is 0 Å². The summed E-state index contributed by atoms with van der Waals surface area (Å²) in [6.45, 7) is 4.66. The molecule has 1 heterocycles. The molecule has 120 valence electrons. The van der Waals surface area contributed by atoms with Gasteiger partial charge >= 0.3 is 12.0 Å². The first kappa shape index (κ1) is 17.3. The maximum Gasteiger partial charge on any atom is 0.317 e.